The second kappa shape index (κ2) is 11.0. The summed E-state index contributed by atoms with van der Waals surface area (Å²) in [6.07, 6.45) is 3.73. The molecule has 0 spiro atoms. The molecule has 3 aromatic carbocycles. The Kier molecular flexibility index (Phi) is 7.78. The van der Waals surface area contributed by atoms with Crippen LogP contribution in [0.5, 0.6) is 0 Å². The maximum absolute atomic E-state index is 6.01. The minimum absolute atomic E-state index is 0. The molecule has 3 aromatic heterocycles. The van der Waals surface area contributed by atoms with E-state index in [4.69, 9.17) is 4.42 Å². The molecule has 4 heteroatoms. The van der Waals surface area contributed by atoms with Crippen LogP contribution < -0.4 is 0 Å². The summed E-state index contributed by atoms with van der Waals surface area (Å²) >= 11 is 0. The van der Waals surface area contributed by atoms with Gasteiger partial charge in [-0.25, -0.2) is 0 Å². The van der Waals surface area contributed by atoms with Gasteiger partial charge in [0.25, 0.3) is 0 Å². The Morgan fingerprint density at radius 3 is 2.31 bits per heavy atom. The fraction of sp³-hybridized carbons (Fsp3) is 0.125. The van der Waals surface area contributed by atoms with Crippen molar-refractivity contribution >= 4 is 21.9 Å². The van der Waals surface area contributed by atoms with Gasteiger partial charge >= 0.3 is 0 Å². The molecule has 0 N–H and O–H groups in total. The Morgan fingerprint density at radius 1 is 0.722 bits per heavy atom. The number of nitrogens with zero attached hydrogens (tertiary/aromatic N) is 2. The number of aromatic nitrogens is 2. The molecular weight excluding hydrogens is 621 g/mol. The van der Waals surface area contributed by atoms with Gasteiger partial charge in [-0.2, -0.15) is 0 Å². The number of hydrogen-bond donors (Lipinski definition) is 0. The van der Waals surface area contributed by atoms with Crippen LogP contribution in [0.3, 0.4) is 0 Å². The summed E-state index contributed by atoms with van der Waals surface area (Å²) in [6.45, 7) is 8.30. The van der Waals surface area contributed by atoms with Gasteiger partial charge in [-0.15, -0.1) is 53.6 Å². The van der Waals surface area contributed by atoms with Crippen LogP contribution in [0.4, 0.5) is 0 Å². The third-order valence-electron chi connectivity index (χ3n) is 6.13. The van der Waals surface area contributed by atoms with Crippen molar-refractivity contribution < 1.29 is 24.5 Å². The van der Waals surface area contributed by atoms with Gasteiger partial charge in [-0.05, 0) is 49.9 Å². The van der Waals surface area contributed by atoms with Crippen molar-refractivity contribution in [3.63, 3.8) is 0 Å². The quantitative estimate of drug-likeness (QED) is 0.178. The fourth-order valence-electron chi connectivity index (χ4n) is 3.99. The number of aryl methyl sites for hydroxylation is 4. The third kappa shape index (κ3) is 5.31. The number of rotatable bonds is 2. The largest absolute Gasteiger partial charge is 0.501 e. The molecule has 0 unspecified atom stereocenters. The first-order valence-electron chi connectivity index (χ1n) is 11.7. The Labute approximate surface area is 225 Å². The van der Waals surface area contributed by atoms with E-state index in [1.54, 1.807) is 0 Å². The maximum Gasteiger partial charge on any atom is 0.120 e. The summed E-state index contributed by atoms with van der Waals surface area (Å²) in [6, 6.07) is 30.8. The third-order valence-corrected chi connectivity index (χ3v) is 6.13. The van der Waals surface area contributed by atoms with Crippen LogP contribution >= 0.6 is 0 Å². The van der Waals surface area contributed by atoms with E-state index in [9.17, 15) is 0 Å². The number of furan rings is 1. The SMILES string of the molecule is Cc1c[c-]c(-c2cc(C)c(C)cn2)cc1.Cc1ccnc(-c2[c-]ccc3c2oc2ccccc23)c1.[Ir]. The molecule has 6 rings (SSSR count). The van der Waals surface area contributed by atoms with E-state index in [1.807, 2.05) is 54.9 Å². The van der Waals surface area contributed by atoms with E-state index in [-0.39, 0.29) is 20.1 Å². The van der Waals surface area contributed by atoms with Crippen LogP contribution in [0.1, 0.15) is 22.3 Å². The van der Waals surface area contributed by atoms with Crippen LogP contribution in [0.2, 0.25) is 0 Å². The van der Waals surface area contributed by atoms with E-state index < -0.39 is 0 Å². The predicted molar refractivity (Wildman–Crippen MR) is 143 cm³/mol. The van der Waals surface area contributed by atoms with Gasteiger partial charge < -0.3 is 14.4 Å². The number of pyridine rings is 2. The van der Waals surface area contributed by atoms with Crippen LogP contribution in [0, 0.1) is 39.8 Å². The molecule has 0 atom stereocenters. The summed E-state index contributed by atoms with van der Waals surface area (Å²) in [5, 5.41) is 2.24. The zero-order valence-corrected chi connectivity index (χ0v) is 23.1. The van der Waals surface area contributed by atoms with Crippen LogP contribution in [0.15, 0.2) is 89.6 Å². The monoisotopic (exact) mass is 647 g/mol. The molecule has 0 aliphatic heterocycles. The average molecular weight is 647 g/mol. The van der Waals surface area contributed by atoms with Gasteiger partial charge in [0.05, 0.1) is 5.58 Å². The molecule has 1 radical (unpaired) electrons. The first kappa shape index (κ1) is 25.5. The smallest absolute Gasteiger partial charge is 0.120 e. The second-order valence-electron chi connectivity index (χ2n) is 8.85. The molecule has 0 amide bonds. The van der Waals surface area contributed by atoms with Crippen molar-refractivity contribution in [3.05, 3.63) is 120 Å². The van der Waals surface area contributed by atoms with Crippen molar-refractivity contribution in [1.29, 1.82) is 0 Å². The van der Waals surface area contributed by atoms with Crippen LogP contribution in [-0.2, 0) is 20.1 Å². The number of fused-ring (bicyclic) bond motifs is 3. The molecule has 0 fully saturated rings. The minimum atomic E-state index is 0. The van der Waals surface area contributed by atoms with Gasteiger partial charge in [0.1, 0.15) is 5.58 Å². The van der Waals surface area contributed by atoms with Crippen molar-refractivity contribution in [2.75, 3.05) is 0 Å². The van der Waals surface area contributed by atoms with E-state index in [0.29, 0.717) is 0 Å². The second-order valence-corrected chi connectivity index (χ2v) is 8.85. The number of hydrogen-bond acceptors (Lipinski definition) is 3. The number of para-hydroxylation sites is 1. The average Bonchev–Trinajstić information content (AvgIpc) is 3.26. The minimum Gasteiger partial charge on any atom is -0.501 e. The predicted octanol–water partition coefficient (Wildman–Crippen LogP) is 8.23. The molecule has 0 saturated carbocycles. The molecule has 0 aliphatic rings. The van der Waals surface area contributed by atoms with Crippen molar-refractivity contribution in [2.45, 2.75) is 27.7 Å². The van der Waals surface area contributed by atoms with Crippen molar-refractivity contribution in [1.82, 2.24) is 9.97 Å². The van der Waals surface area contributed by atoms with Gasteiger partial charge in [0, 0.05) is 37.9 Å². The van der Waals surface area contributed by atoms with Crippen LogP contribution in [0.25, 0.3) is 44.5 Å². The maximum atomic E-state index is 6.01. The van der Waals surface area contributed by atoms with Crippen LogP contribution in [-0.4, -0.2) is 9.97 Å². The molecule has 6 aromatic rings. The normalized spacial score (nSPS) is 10.6. The standard InChI is InChI=1S/C18H12NO.C14H14N.Ir/c1-12-9-10-19-16(11-12)15-7-4-6-14-13-5-2-3-8-17(13)20-18(14)15;1-10-4-6-13(7-5-10)14-8-11(2)12(3)9-15-14;/h2-6,8-11H,1H3;4-6,8-9H,1-3H3;/q2*-1;. The zero-order valence-electron chi connectivity index (χ0n) is 20.7. The van der Waals surface area contributed by atoms with Gasteiger partial charge in [-0.3, -0.25) is 0 Å². The van der Waals surface area contributed by atoms with E-state index in [2.05, 4.69) is 80.1 Å². The fourth-order valence-corrected chi connectivity index (χ4v) is 3.99. The van der Waals surface area contributed by atoms with Gasteiger partial charge in [0.15, 0.2) is 0 Å². The summed E-state index contributed by atoms with van der Waals surface area (Å²) in [4.78, 5) is 8.85. The Morgan fingerprint density at radius 2 is 1.56 bits per heavy atom. The van der Waals surface area contributed by atoms with Crippen molar-refractivity contribution in [3.8, 4) is 22.5 Å². The molecule has 181 valence electrons. The molecule has 36 heavy (non-hydrogen) atoms. The van der Waals surface area contributed by atoms with E-state index in [1.165, 1.54) is 22.3 Å². The van der Waals surface area contributed by atoms with Crippen molar-refractivity contribution in [2.24, 2.45) is 0 Å². The summed E-state index contributed by atoms with van der Waals surface area (Å²) in [5.74, 6) is 0. The Balaban J connectivity index is 0.000000172. The molecular formula is C32H26IrN2O-2. The molecule has 3 heterocycles. The molecule has 0 saturated heterocycles. The number of benzene rings is 3. The first-order valence-corrected chi connectivity index (χ1v) is 11.7. The summed E-state index contributed by atoms with van der Waals surface area (Å²) in [5.41, 5.74) is 10.5. The topological polar surface area (TPSA) is 38.9 Å². The summed E-state index contributed by atoms with van der Waals surface area (Å²) < 4.78 is 6.01. The molecule has 0 aliphatic carbocycles. The van der Waals surface area contributed by atoms with Gasteiger partial charge in [0.2, 0.25) is 0 Å². The van der Waals surface area contributed by atoms with E-state index in [0.717, 1.165) is 44.5 Å². The molecule has 0 bridgehead atoms. The Hall–Kier alpha value is -3.59. The first-order chi connectivity index (χ1) is 17.0. The molecule has 3 nitrogen and oxygen atoms in total. The summed E-state index contributed by atoms with van der Waals surface area (Å²) in [7, 11) is 0. The van der Waals surface area contributed by atoms with Gasteiger partial charge in [-0.1, -0.05) is 59.3 Å². The van der Waals surface area contributed by atoms with E-state index >= 15 is 0 Å². The zero-order chi connectivity index (χ0) is 24.4. The Bertz CT molecular complexity index is 1630.